The molecular weight excluding hydrogens is 309 g/mol. The van der Waals surface area contributed by atoms with E-state index in [1.165, 1.54) is 18.5 Å². The quantitative estimate of drug-likeness (QED) is 0.745. The third kappa shape index (κ3) is 2.92. The Balaban J connectivity index is 2.10. The summed E-state index contributed by atoms with van der Waals surface area (Å²) in [7, 11) is 3.10. The van der Waals surface area contributed by atoms with Crippen LogP contribution in [-0.2, 0) is 0 Å². The van der Waals surface area contributed by atoms with Crippen LogP contribution in [0.25, 0.3) is 10.9 Å². The van der Waals surface area contributed by atoms with E-state index in [9.17, 15) is 4.39 Å². The normalized spacial score (nSPS) is 10.2. The van der Waals surface area contributed by atoms with E-state index in [0.717, 1.165) is 0 Å². The Morgan fingerprint density at radius 2 is 1.79 bits per heavy atom. The molecule has 120 valence electrons. The second-order valence-corrected chi connectivity index (χ2v) is 4.94. The number of nitrogens with one attached hydrogen (secondary N) is 1. The van der Waals surface area contributed by atoms with E-state index in [2.05, 4.69) is 21.2 Å². The predicted molar refractivity (Wildman–Crippen MR) is 90.3 cm³/mol. The minimum atomic E-state index is -0.425. The lowest BCUT2D eigenvalue weighted by Crippen LogP contribution is -1.98. The third-order valence-electron chi connectivity index (χ3n) is 3.47. The summed E-state index contributed by atoms with van der Waals surface area (Å²) < 4.78 is 24.2. The molecule has 1 aromatic heterocycles. The first-order chi connectivity index (χ1) is 11.6. The molecule has 0 saturated heterocycles. The monoisotopic (exact) mass is 323 g/mol. The van der Waals surface area contributed by atoms with Gasteiger partial charge in [0.1, 0.15) is 18.0 Å². The van der Waals surface area contributed by atoms with Crippen molar-refractivity contribution in [3.63, 3.8) is 0 Å². The van der Waals surface area contributed by atoms with Gasteiger partial charge in [0.25, 0.3) is 0 Å². The van der Waals surface area contributed by atoms with Crippen molar-refractivity contribution in [1.82, 2.24) is 9.97 Å². The van der Waals surface area contributed by atoms with Gasteiger partial charge in [0, 0.05) is 22.7 Å². The molecule has 0 spiro atoms. The van der Waals surface area contributed by atoms with Gasteiger partial charge in [-0.25, -0.2) is 14.4 Å². The Kier molecular flexibility index (Phi) is 4.17. The first-order valence-electron chi connectivity index (χ1n) is 7.05. The maximum absolute atomic E-state index is 13.6. The lowest BCUT2D eigenvalue weighted by Gasteiger charge is -2.12. The topological polar surface area (TPSA) is 56.3 Å². The minimum absolute atomic E-state index is 0.425. The van der Waals surface area contributed by atoms with Crippen molar-refractivity contribution in [2.24, 2.45) is 0 Å². The number of ether oxygens (including phenoxy) is 2. The predicted octanol–water partition coefficient (Wildman–Crippen LogP) is 3.51. The van der Waals surface area contributed by atoms with Crippen LogP contribution in [0.1, 0.15) is 5.56 Å². The Bertz CT molecular complexity index is 951. The van der Waals surface area contributed by atoms with Gasteiger partial charge in [0.15, 0.2) is 11.5 Å². The molecule has 0 amide bonds. The zero-order valence-corrected chi connectivity index (χ0v) is 13.1. The maximum Gasteiger partial charge on any atom is 0.162 e. The van der Waals surface area contributed by atoms with E-state index in [4.69, 9.17) is 15.9 Å². The van der Waals surface area contributed by atoms with Crippen molar-refractivity contribution in [3.05, 3.63) is 48.0 Å². The molecule has 0 fully saturated rings. The molecule has 1 N–H and O–H groups in total. The molecule has 2 aromatic carbocycles. The van der Waals surface area contributed by atoms with Gasteiger partial charge < -0.3 is 14.8 Å². The standard InChI is InChI=1S/C18H14FN3O2/c1-4-11-5-12(19)7-13(6-11)22-18-14-8-16(23-2)17(24-3)9-15(14)20-10-21-18/h1,5-10H,2-3H3,(H,20,21,22). The molecule has 0 unspecified atom stereocenters. The second kappa shape index (κ2) is 6.42. The van der Waals surface area contributed by atoms with Crippen molar-refractivity contribution in [2.45, 2.75) is 0 Å². The van der Waals surface area contributed by atoms with Gasteiger partial charge in [-0.05, 0) is 24.3 Å². The molecule has 0 saturated carbocycles. The Labute approximate surface area is 138 Å². The van der Waals surface area contributed by atoms with E-state index < -0.39 is 5.82 Å². The first-order valence-corrected chi connectivity index (χ1v) is 7.05. The highest BCUT2D eigenvalue weighted by Gasteiger charge is 2.11. The minimum Gasteiger partial charge on any atom is -0.493 e. The number of benzene rings is 2. The van der Waals surface area contributed by atoms with Crippen LogP contribution < -0.4 is 14.8 Å². The molecule has 0 radical (unpaired) electrons. The van der Waals surface area contributed by atoms with Crippen LogP contribution in [0.2, 0.25) is 0 Å². The number of rotatable bonds is 4. The van der Waals surface area contributed by atoms with Crippen LogP contribution in [0.3, 0.4) is 0 Å². The molecule has 24 heavy (non-hydrogen) atoms. The van der Waals surface area contributed by atoms with Crippen LogP contribution in [-0.4, -0.2) is 24.2 Å². The van der Waals surface area contributed by atoms with Crippen molar-refractivity contribution in [1.29, 1.82) is 0 Å². The third-order valence-corrected chi connectivity index (χ3v) is 3.47. The summed E-state index contributed by atoms with van der Waals surface area (Å²) in [5.74, 6) is 3.61. The van der Waals surface area contributed by atoms with Crippen LogP contribution in [0.4, 0.5) is 15.9 Å². The number of terminal acetylenes is 1. The van der Waals surface area contributed by atoms with Crippen LogP contribution in [0, 0.1) is 18.2 Å². The van der Waals surface area contributed by atoms with E-state index in [1.54, 1.807) is 32.4 Å². The van der Waals surface area contributed by atoms with Crippen molar-refractivity contribution in [3.8, 4) is 23.8 Å². The van der Waals surface area contributed by atoms with Crippen molar-refractivity contribution >= 4 is 22.4 Å². The number of halogens is 1. The fourth-order valence-corrected chi connectivity index (χ4v) is 2.36. The van der Waals surface area contributed by atoms with Gasteiger partial charge in [-0.1, -0.05) is 5.92 Å². The van der Waals surface area contributed by atoms with Gasteiger partial charge in [-0.2, -0.15) is 0 Å². The molecular formula is C18H14FN3O2. The van der Waals surface area contributed by atoms with E-state index >= 15 is 0 Å². The molecule has 0 bridgehead atoms. The second-order valence-electron chi connectivity index (χ2n) is 4.94. The van der Waals surface area contributed by atoms with Gasteiger partial charge in [-0.3, -0.25) is 0 Å². The number of hydrogen-bond acceptors (Lipinski definition) is 5. The summed E-state index contributed by atoms with van der Waals surface area (Å²) in [6.45, 7) is 0. The summed E-state index contributed by atoms with van der Waals surface area (Å²) in [5, 5.41) is 3.78. The molecule has 0 aliphatic carbocycles. The maximum atomic E-state index is 13.6. The lowest BCUT2D eigenvalue weighted by molar-refractivity contribution is 0.356. The fraction of sp³-hybridized carbons (Fsp3) is 0.111. The molecule has 0 aliphatic heterocycles. The Hall–Kier alpha value is -3.33. The molecule has 0 aliphatic rings. The Morgan fingerprint density at radius 3 is 2.50 bits per heavy atom. The number of aromatic nitrogens is 2. The highest BCUT2D eigenvalue weighted by molar-refractivity contribution is 5.93. The van der Waals surface area contributed by atoms with Crippen LogP contribution >= 0.6 is 0 Å². The van der Waals surface area contributed by atoms with E-state index in [1.807, 2.05) is 0 Å². The zero-order valence-electron chi connectivity index (χ0n) is 13.1. The van der Waals surface area contributed by atoms with Crippen molar-refractivity contribution in [2.75, 3.05) is 19.5 Å². The fourth-order valence-electron chi connectivity index (χ4n) is 2.36. The summed E-state index contributed by atoms with van der Waals surface area (Å²) in [4.78, 5) is 8.45. The summed E-state index contributed by atoms with van der Waals surface area (Å²) in [6, 6.07) is 7.81. The summed E-state index contributed by atoms with van der Waals surface area (Å²) >= 11 is 0. The van der Waals surface area contributed by atoms with Gasteiger partial charge in [0.2, 0.25) is 0 Å². The smallest absolute Gasteiger partial charge is 0.162 e. The van der Waals surface area contributed by atoms with Gasteiger partial charge >= 0.3 is 0 Å². The number of fused-ring (bicyclic) bond motifs is 1. The molecule has 3 aromatic rings. The van der Waals surface area contributed by atoms with E-state index in [0.29, 0.717) is 39.5 Å². The molecule has 3 rings (SSSR count). The number of methoxy groups -OCH3 is 2. The van der Waals surface area contributed by atoms with Gasteiger partial charge in [-0.15, -0.1) is 6.42 Å². The summed E-state index contributed by atoms with van der Waals surface area (Å²) in [5.41, 5.74) is 1.60. The lowest BCUT2D eigenvalue weighted by atomic mass is 10.1. The highest BCUT2D eigenvalue weighted by Crippen LogP contribution is 2.34. The Morgan fingerprint density at radius 1 is 1.04 bits per heavy atom. The molecule has 5 nitrogen and oxygen atoms in total. The van der Waals surface area contributed by atoms with Crippen molar-refractivity contribution < 1.29 is 13.9 Å². The van der Waals surface area contributed by atoms with Crippen LogP contribution in [0.5, 0.6) is 11.5 Å². The average Bonchev–Trinajstić information content (AvgIpc) is 2.60. The van der Waals surface area contributed by atoms with Gasteiger partial charge in [0.05, 0.1) is 19.7 Å². The first kappa shape index (κ1) is 15.6. The van der Waals surface area contributed by atoms with E-state index in [-0.39, 0.29) is 0 Å². The number of hydrogen-bond donors (Lipinski definition) is 1. The highest BCUT2D eigenvalue weighted by atomic mass is 19.1. The number of nitrogens with zero attached hydrogens (tertiary/aromatic N) is 2. The number of anilines is 2. The molecule has 0 atom stereocenters. The average molecular weight is 323 g/mol. The molecule has 6 heteroatoms. The summed E-state index contributed by atoms with van der Waals surface area (Å²) in [6.07, 6.45) is 6.76. The SMILES string of the molecule is C#Cc1cc(F)cc(Nc2ncnc3cc(OC)c(OC)cc23)c1. The molecule has 1 heterocycles. The largest absolute Gasteiger partial charge is 0.493 e. The van der Waals surface area contributed by atoms with Crippen LogP contribution in [0.15, 0.2) is 36.7 Å². The zero-order chi connectivity index (χ0) is 17.1.